The number of rotatable bonds is 2. The molecule has 2 heterocycles. The molecule has 0 spiro atoms. The van der Waals surface area contributed by atoms with Gasteiger partial charge in [-0.1, -0.05) is 40.9 Å². The molecule has 0 fully saturated rings. The zero-order chi connectivity index (χ0) is 16.8. The Hall–Kier alpha value is -1.21. The van der Waals surface area contributed by atoms with E-state index >= 15 is 0 Å². The predicted molar refractivity (Wildman–Crippen MR) is 86.4 cm³/mol. The van der Waals surface area contributed by atoms with Gasteiger partial charge in [0.25, 0.3) is 3.92 Å². The van der Waals surface area contributed by atoms with Crippen molar-refractivity contribution in [1.82, 2.24) is 9.78 Å². The van der Waals surface area contributed by atoms with E-state index in [1.54, 1.807) is 12.1 Å². The first kappa shape index (κ1) is 16.6. The highest BCUT2D eigenvalue weighted by atomic mass is 35.6. The largest absolute Gasteiger partial charge is 0.287 e. The average molecular weight is 398 g/mol. The van der Waals surface area contributed by atoms with Gasteiger partial charge in [-0.05, 0) is 23.6 Å². The maximum absolute atomic E-state index is 13.9. The van der Waals surface area contributed by atoms with E-state index in [-0.39, 0.29) is 11.3 Å². The third-order valence-corrected chi connectivity index (χ3v) is 4.38. The van der Waals surface area contributed by atoms with Crippen LogP contribution in [0.4, 0.5) is 13.2 Å². The number of hydrogen-bond acceptors (Lipinski definition) is 2. The Morgan fingerprint density at radius 3 is 2.30 bits per heavy atom. The lowest BCUT2D eigenvalue weighted by Crippen LogP contribution is -2.15. The molecule has 0 aliphatic heterocycles. The summed E-state index contributed by atoms with van der Waals surface area (Å²) >= 11 is 19.0. The van der Waals surface area contributed by atoms with E-state index in [9.17, 15) is 13.2 Å². The van der Waals surface area contributed by atoms with Gasteiger partial charge in [0.15, 0.2) is 11.6 Å². The van der Waals surface area contributed by atoms with Crippen molar-refractivity contribution in [2.45, 2.75) is 3.92 Å². The molecule has 0 unspecified atom stereocenters. The highest BCUT2D eigenvalue weighted by molar-refractivity contribution is 7.13. The van der Waals surface area contributed by atoms with Crippen LogP contribution in [0.25, 0.3) is 21.8 Å². The minimum Gasteiger partial charge on any atom is -0.214 e. The second-order valence-corrected chi connectivity index (χ2v) is 7.69. The molecule has 0 bridgehead atoms. The molecule has 0 radical (unpaired) electrons. The summed E-state index contributed by atoms with van der Waals surface area (Å²) in [6.45, 7) is 0. The second-order valence-electron chi connectivity index (χ2n) is 4.52. The Labute approximate surface area is 148 Å². The highest BCUT2D eigenvalue weighted by Crippen LogP contribution is 2.39. The SMILES string of the molecule is Fc1cc(F)c(-c2cc(-c3cccs3)n(C(Cl)(Cl)Cl)n2)cc1F. The Kier molecular flexibility index (Phi) is 4.35. The lowest BCUT2D eigenvalue weighted by atomic mass is 10.1. The molecule has 0 aliphatic rings. The van der Waals surface area contributed by atoms with Crippen LogP contribution in [0, 0.1) is 17.5 Å². The summed E-state index contributed by atoms with van der Waals surface area (Å²) in [7, 11) is 0. The molecule has 120 valence electrons. The summed E-state index contributed by atoms with van der Waals surface area (Å²) < 4.78 is 39.6. The lowest BCUT2D eigenvalue weighted by Gasteiger charge is -2.14. The van der Waals surface area contributed by atoms with E-state index in [0.717, 1.165) is 9.56 Å². The first-order chi connectivity index (χ1) is 10.8. The lowest BCUT2D eigenvalue weighted by molar-refractivity contribution is 0.496. The van der Waals surface area contributed by atoms with Crippen LogP contribution < -0.4 is 0 Å². The van der Waals surface area contributed by atoms with Crippen molar-refractivity contribution in [3.8, 4) is 21.8 Å². The normalized spacial score (nSPS) is 11.9. The van der Waals surface area contributed by atoms with Crippen LogP contribution in [-0.4, -0.2) is 9.78 Å². The molecule has 3 aromatic rings. The number of halogens is 6. The molecule has 0 atom stereocenters. The van der Waals surface area contributed by atoms with E-state index < -0.39 is 21.4 Å². The predicted octanol–water partition coefficient (Wildman–Crippen LogP) is 5.98. The minimum absolute atomic E-state index is 0.0242. The summed E-state index contributed by atoms with van der Waals surface area (Å²) in [5.74, 6) is -3.44. The highest BCUT2D eigenvalue weighted by Gasteiger charge is 2.29. The Morgan fingerprint density at radius 2 is 1.70 bits per heavy atom. The molecular weight excluding hydrogens is 392 g/mol. The van der Waals surface area contributed by atoms with Gasteiger partial charge in [0.1, 0.15) is 5.82 Å². The average Bonchev–Trinajstić information content (AvgIpc) is 3.10. The smallest absolute Gasteiger partial charge is 0.214 e. The van der Waals surface area contributed by atoms with Gasteiger partial charge in [-0.2, -0.15) is 5.10 Å². The number of nitrogens with zero attached hydrogens (tertiary/aromatic N) is 2. The molecule has 0 saturated carbocycles. The maximum Gasteiger partial charge on any atom is 0.287 e. The number of hydrogen-bond donors (Lipinski definition) is 0. The first-order valence-electron chi connectivity index (χ1n) is 6.13. The molecule has 2 aromatic heterocycles. The van der Waals surface area contributed by atoms with Crippen molar-refractivity contribution in [3.63, 3.8) is 0 Å². The third kappa shape index (κ3) is 3.21. The number of benzene rings is 1. The van der Waals surface area contributed by atoms with Crippen molar-refractivity contribution in [3.05, 3.63) is 53.2 Å². The van der Waals surface area contributed by atoms with Crippen LogP contribution >= 0.6 is 46.1 Å². The van der Waals surface area contributed by atoms with Gasteiger partial charge in [-0.3, -0.25) is 0 Å². The molecule has 0 amide bonds. The van der Waals surface area contributed by atoms with Gasteiger partial charge in [-0.15, -0.1) is 11.3 Å². The van der Waals surface area contributed by atoms with E-state index in [0.29, 0.717) is 17.8 Å². The van der Waals surface area contributed by atoms with Crippen LogP contribution in [0.1, 0.15) is 0 Å². The fourth-order valence-electron chi connectivity index (χ4n) is 2.02. The van der Waals surface area contributed by atoms with Gasteiger partial charge < -0.3 is 0 Å². The molecule has 23 heavy (non-hydrogen) atoms. The monoisotopic (exact) mass is 396 g/mol. The van der Waals surface area contributed by atoms with Gasteiger partial charge in [-0.25, -0.2) is 17.9 Å². The zero-order valence-corrected chi connectivity index (χ0v) is 14.1. The summed E-state index contributed by atoms with van der Waals surface area (Å²) in [6, 6.07) is 6.16. The summed E-state index contributed by atoms with van der Waals surface area (Å²) in [4.78, 5) is 0.720. The molecule has 0 saturated heterocycles. The number of alkyl halides is 3. The Balaban J connectivity index is 2.21. The van der Waals surface area contributed by atoms with Crippen molar-refractivity contribution in [2.24, 2.45) is 0 Å². The van der Waals surface area contributed by atoms with Crippen LogP contribution in [0.5, 0.6) is 0 Å². The van der Waals surface area contributed by atoms with Crippen LogP contribution in [-0.2, 0) is 3.92 Å². The second kappa shape index (κ2) is 6.02. The Bertz CT molecular complexity index is 857. The molecule has 2 nitrogen and oxygen atoms in total. The fraction of sp³-hybridized carbons (Fsp3) is 0.0714. The molecular formula is C14H6Cl3F3N2S. The topological polar surface area (TPSA) is 17.8 Å². The molecule has 9 heteroatoms. The molecule has 1 aromatic carbocycles. The van der Waals surface area contributed by atoms with Crippen molar-refractivity contribution >= 4 is 46.1 Å². The van der Waals surface area contributed by atoms with Crippen LogP contribution in [0.2, 0.25) is 0 Å². The summed E-state index contributed by atoms with van der Waals surface area (Å²) in [5.41, 5.74) is 0.213. The quantitative estimate of drug-likeness (QED) is 0.384. The van der Waals surface area contributed by atoms with Crippen LogP contribution in [0.3, 0.4) is 0 Å². The minimum atomic E-state index is -1.92. The number of thiophene rings is 1. The summed E-state index contributed by atoms with van der Waals surface area (Å²) in [6.07, 6.45) is 0. The molecule has 0 N–H and O–H groups in total. The van der Waals surface area contributed by atoms with Crippen molar-refractivity contribution in [1.29, 1.82) is 0 Å². The van der Waals surface area contributed by atoms with Crippen LogP contribution in [0.15, 0.2) is 35.7 Å². The van der Waals surface area contributed by atoms with E-state index in [1.165, 1.54) is 17.4 Å². The van der Waals surface area contributed by atoms with Gasteiger partial charge >= 0.3 is 0 Å². The fourth-order valence-corrected chi connectivity index (χ4v) is 3.14. The van der Waals surface area contributed by atoms with E-state index in [4.69, 9.17) is 34.8 Å². The van der Waals surface area contributed by atoms with E-state index in [2.05, 4.69) is 5.10 Å². The van der Waals surface area contributed by atoms with Gasteiger partial charge in [0.05, 0.1) is 16.3 Å². The number of aromatic nitrogens is 2. The van der Waals surface area contributed by atoms with Gasteiger partial charge in [0, 0.05) is 11.6 Å². The third-order valence-electron chi connectivity index (χ3n) is 3.01. The molecule has 0 aliphatic carbocycles. The van der Waals surface area contributed by atoms with Crippen molar-refractivity contribution in [2.75, 3.05) is 0 Å². The maximum atomic E-state index is 13.9. The zero-order valence-electron chi connectivity index (χ0n) is 11.0. The summed E-state index contributed by atoms with van der Waals surface area (Å²) in [5, 5.41) is 5.85. The Morgan fingerprint density at radius 1 is 1.00 bits per heavy atom. The van der Waals surface area contributed by atoms with E-state index in [1.807, 2.05) is 5.38 Å². The molecule has 3 rings (SSSR count). The first-order valence-corrected chi connectivity index (χ1v) is 8.15. The van der Waals surface area contributed by atoms with Crippen molar-refractivity contribution < 1.29 is 13.2 Å². The van der Waals surface area contributed by atoms with Gasteiger partial charge in [0.2, 0.25) is 0 Å². The standard InChI is InChI=1S/C14H6Cl3F3N2S/c15-14(16,17)22-12(13-2-1-3-23-13)6-11(21-22)7-4-9(19)10(20)5-8(7)18/h1-6H.